The summed E-state index contributed by atoms with van der Waals surface area (Å²) in [4.78, 5) is 35.6. The number of carbonyl (C=O) groups excluding carboxylic acids is 1. The maximum absolute atomic E-state index is 15.8. The number of ether oxygens (including phenoxy) is 2. The first kappa shape index (κ1) is 27.4. The molecule has 222 valence electrons. The second-order valence-corrected chi connectivity index (χ2v) is 11.0. The highest BCUT2D eigenvalue weighted by Crippen LogP contribution is 2.47. The Morgan fingerprint density at radius 2 is 1.86 bits per heavy atom. The van der Waals surface area contributed by atoms with Crippen LogP contribution in [0.25, 0.3) is 27.4 Å². The highest BCUT2D eigenvalue weighted by Gasteiger charge is 2.29. The van der Waals surface area contributed by atoms with Gasteiger partial charge in [-0.1, -0.05) is 30.3 Å². The number of pyridine rings is 1. The van der Waals surface area contributed by atoms with Crippen molar-refractivity contribution < 1.29 is 18.7 Å². The summed E-state index contributed by atoms with van der Waals surface area (Å²) >= 11 is 0. The number of nitrogens with one attached hydrogen (secondary N) is 2. The number of benzene rings is 3. The molecule has 4 heterocycles. The number of halogens is 1. The summed E-state index contributed by atoms with van der Waals surface area (Å²) in [6.07, 6.45) is 4.09. The van der Waals surface area contributed by atoms with Crippen LogP contribution in [0.2, 0.25) is 0 Å². The molecule has 0 aliphatic carbocycles. The standard InChI is InChI=1S/C32H33FN6O4/c33-25-18-23-28-31(27(25)35-10-13-37-14-16-42-17-15-37)43-30-22-5-2-1-4-21(22)6-7-26(30)39(28)19-24(29(23)40)32(41)36-8-3-11-38-12-9-34-20-38/h1-2,4-7,18-20,35H,3,8-17H2,(H,36,41). The van der Waals surface area contributed by atoms with Gasteiger partial charge in [0.25, 0.3) is 5.91 Å². The number of rotatable bonds is 9. The Morgan fingerprint density at radius 3 is 2.70 bits per heavy atom. The van der Waals surface area contributed by atoms with Gasteiger partial charge in [0.15, 0.2) is 17.3 Å². The van der Waals surface area contributed by atoms with Crippen molar-refractivity contribution in [1.29, 1.82) is 0 Å². The Labute approximate surface area is 247 Å². The monoisotopic (exact) mass is 584 g/mol. The van der Waals surface area contributed by atoms with Gasteiger partial charge in [0.2, 0.25) is 5.43 Å². The van der Waals surface area contributed by atoms with Gasteiger partial charge < -0.3 is 29.6 Å². The molecule has 1 saturated heterocycles. The summed E-state index contributed by atoms with van der Waals surface area (Å²) in [5, 5.41) is 8.01. The third kappa shape index (κ3) is 5.19. The Hall–Kier alpha value is -4.48. The molecule has 2 N–H and O–H groups in total. The second-order valence-electron chi connectivity index (χ2n) is 11.0. The van der Waals surface area contributed by atoms with Gasteiger partial charge in [-0.05, 0) is 23.9 Å². The molecule has 11 heteroatoms. The van der Waals surface area contributed by atoms with Crippen LogP contribution >= 0.6 is 0 Å². The number of fused-ring (bicyclic) bond motifs is 4. The van der Waals surface area contributed by atoms with Crippen molar-refractivity contribution in [3.05, 3.63) is 70.3 Å². The van der Waals surface area contributed by atoms with Crippen LogP contribution in [0.1, 0.15) is 16.8 Å². The van der Waals surface area contributed by atoms with Gasteiger partial charge in [-0.25, -0.2) is 4.39 Å². The van der Waals surface area contributed by atoms with E-state index in [1.54, 1.807) is 10.8 Å². The molecule has 1 aromatic heterocycles. The first-order valence-corrected chi connectivity index (χ1v) is 14.8. The summed E-state index contributed by atoms with van der Waals surface area (Å²) in [5.41, 5.74) is 0.699. The number of amides is 1. The van der Waals surface area contributed by atoms with E-state index in [1.807, 2.05) is 42.7 Å². The molecule has 0 bridgehead atoms. The van der Waals surface area contributed by atoms with Gasteiger partial charge in [0.05, 0.1) is 37.2 Å². The number of aliphatic imine (C=N–C) groups is 1. The smallest absolute Gasteiger partial charge is 0.256 e. The van der Waals surface area contributed by atoms with E-state index in [2.05, 4.69) is 25.4 Å². The van der Waals surface area contributed by atoms with E-state index in [9.17, 15) is 9.59 Å². The summed E-state index contributed by atoms with van der Waals surface area (Å²) < 4.78 is 29.6. The predicted octanol–water partition coefficient (Wildman–Crippen LogP) is 3.60. The average molecular weight is 585 g/mol. The molecule has 0 radical (unpaired) electrons. The summed E-state index contributed by atoms with van der Waals surface area (Å²) in [6.45, 7) is 7.01. The van der Waals surface area contributed by atoms with E-state index >= 15 is 4.39 Å². The maximum atomic E-state index is 15.8. The SMILES string of the molecule is O=C(NCCCN1C=NCC1)c1cn2c3c(c(NCCN4CCOCC4)c(F)cc3c1=O)Oc1c-2ccc2ccccc12. The first-order chi connectivity index (χ1) is 21.1. The lowest BCUT2D eigenvalue weighted by molar-refractivity contribution is 0.0398. The summed E-state index contributed by atoms with van der Waals surface area (Å²) in [7, 11) is 0. The second kappa shape index (κ2) is 11.7. The molecule has 3 aliphatic rings. The van der Waals surface area contributed by atoms with Crippen molar-refractivity contribution in [3.8, 4) is 17.2 Å². The molecule has 0 saturated carbocycles. The van der Waals surface area contributed by atoms with Crippen molar-refractivity contribution in [2.24, 2.45) is 4.99 Å². The van der Waals surface area contributed by atoms with Gasteiger partial charge >= 0.3 is 0 Å². The molecular formula is C32H33FN6O4. The largest absolute Gasteiger partial charge is 0.450 e. The van der Waals surface area contributed by atoms with Crippen LogP contribution in [0.5, 0.6) is 11.5 Å². The van der Waals surface area contributed by atoms with Gasteiger partial charge in [0.1, 0.15) is 16.8 Å². The first-order valence-electron chi connectivity index (χ1n) is 14.8. The van der Waals surface area contributed by atoms with Crippen LogP contribution in [0, 0.1) is 5.82 Å². The van der Waals surface area contributed by atoms with Crippen molar-refractivity contribution in [2.75, 3.05) is 70.9 Å². The minimum absolute atomic E-state index is 0.0466. The molecular weight excluding hydrogens is 551 g/mol. The van der Waals surface area contributed by atoms with Gasteiger partial charge in [-0.3, -0.25) is 19.5 Å². The lowest BCUT2D eigenvalue weighted by Gasteiger charge is -2.28. The number of hydrogen-bond acceptors (Lipinski definition) is 8. The van der Waals surface area contributed by atoms with E-state index in [0.717, 1.165) is 43.5 Å². The number of nitrogens with zero attached hydrogens (tertiary/aromatic N) is 4. The zero-order valence-electron chi connectivity index (χ0n) is 23.8. The zero-order valence-corrected chi connectivity index (χ0v) is 23.8. The Morgan fingerprint density at radius 1 is 1.00 bits per heavy atom. The number of anilines is 1. The molecule has 43 heavy (non-hydrogen) atoms. The molecule has 4 aromatic rings. The molecule has 10 nitrogen and oxygen atoms in total. The van der Waals surface area contributed by atoms with Crippen molar-refractivity contribution >= 4 is 39.6 Å². The van der Waals surface area contributed by atoms with E-state index in [4.69, 9.17) is 9.47 Å². The number of hydrogen-bond donors (Lipinski definition) is 2. The number of carbonyl (C=O) groups is 1. The molecule has 0 atom stereocenters. The normalized spacial score (nSPS) is 16.0. The highest BCUT2D eigenvalue weighted by molar-refractivity contribution is 6.03. The van der Waals surface area contributed by atoms with Crippen LogP contribution in [-0.2, 0) is 4.74 Å². The van der Waals surface area contributed by atoms with Crippen LogP contribution in [0.3, 0.4) is 0 Å². The van der Waals surface area contributed by atoms with Crippen LogP contribution in [0.4, 0.5) is 10.1 Å². The summed E-state index contributed by atoms with van der Waals surface area (Å²) in [6, 6.07) is 12.9. The minimum atomic E-state index is -0.610. The molecule has 1 amide bonds. The molecule has 1 fully saturated rings. The van der Waals surface area contributed by atoms with Crippen LogP contribution in [0.15, 0.2) is 58.4 Å². The van der Waals surface area contributed by atoms with E-state index in [0.29, 0.717) is 56.2 Å². The van der Waals surface area contributed by atoms with Crippen molar-refractivity contribution in [2.45, 2.75) is 6.42 Å². The molecule has 0 unspecified atom stereocenters. The number of morpholine rings is 1. The van der Waals surface area contributed by atoms with E-state index in [-0.39, 0.29) is 22.4 Å². The quantitative estimate of drug-likeness (QED) is 0.256. The van der Waals surface area contributed by atoms with Crippen molar-refractivity contribution in [3.63, 3.8) is 0 Å². The van der Waals surface area contributed by atoms with E-state index < -0.39 is 17.2 Å². The lowest BCUT2D eigenvalue weighted by atomic mass is 10.0. The third-order valence-electron chi connectivity index (χ3n) is 8.27. The topological polar surface area (TPSA) is 100 Å². The van der Waals surface area contributed by atoms with Gasteiger partial charge in [-0.2, -0.15) is 0 Å². The summed E-state index contributed by atoms with van der Waals surface area (Å²) in [5.74, 6) is -0.330. The van der Waals surface area contributed by atoms with Crippen LogP contribution < -0.4 is 20.8 Å². The van der Waals surface area contributed by atoms with Gasteiger partial charge in [0, 0.05) is 57.4 Å². The Bertz CT molecular complexity index is 1800. The highest BCUT2D eigenvalue weighted by atomic mass is 19.1. The zero-order chi connectivity index (χ0) is 29.3. The lowest BCUT2D eigenvalue weighted by Crippen LogP contribution is -2.39. The molecule has 3 aromatic carbocycles. The molecule has 0 spiro atoms. The van der Waals surface area contributed by atoms with Crippen molar-refractivity contribution in [1.82, 2.24) is 19.7 Å². The minimum Gasteiger partial charge on any atom is -0.450 e. The number of aromatic nitrogens is 1. The molecule has 7 rings (SSSR count). The van der Waals surface area contributed by atoms with E-state index in [1.165, 1.54) is 6.07 Å². The Balaban J connectivity index is 1.27. The van der Waals surface area contributed by atoms with Crippen LogP contribution in [-0.4, -0.2) is 92.2 Å². The fourth-order valence-electron chi connectivity index (χ4n) is 6.00. The Kier molecular flexibility index (Phi) is 7.42. The fraction of sp³-hybridized carbons (Fsp3) is 0.344. The molecule has 3 aliphatic heterocycles. The predicted molar refractivity (Wildman–Crippen MR) is 165 cm³/mol. The maximum Gasteiger partial charge on any atom is 0.256 e. The fourth-order valence-corrected chi connectivity index (χ4v) is 6.00. The third-order valence-corrected chi connectivity index (χ3v) is 8.27. The van der Waals surface area contributed by atoms with Gasteiger partial charge in [-0.15, -0.1) is 0 Å². The average Bonchev–Trinajstić information content (AvgIpc) is 3.56.